The summed E-state index contributed by atoms with van der Waals surface area (Å²) in [5, 5.41) is 12.9. The van der Waals surface area contributed by atoms with Crippen LogP contribution in [0.3, 0.4) is 0 Å². The van der Waals surface area contributed by atoms with E-state index in [4.69, 9.17) is 14.2 Å². The minimum Gasteiger partial charge on any atom is -0.493 e. The molecule has 0 spiro atoms. The molecule has 35 heavy (non-hydrogen) atoms. The van der Waals surface area contributed by atoms with E-state index >= 15 is 0 Å². The van der Waals surface area contributed by atoms with Gasteiger partial charge in [-0.05, 0) is 54.5 Å². The van der Waals surface area contributed by atoms with Gasteiger partial charge in [-0.3, -0.25) is 9.80 Å². The van der Waals surface area contributed by atoms with Crippen LogP contribution in [-0.2, 0) is 12.1 Å². The number of nitrogens with zero attached hydrogens (tertiary/aromatic N) is 6. The molecule has 0 radical (unpaired) electrons. The highest BCUT2D eigenvalue weighted by Crippen LogP contribution is 2.42. The highest BCUT2D eigenvalue weighted by Gasteiger charge is 2.34. The van der Waals surface area contributed by atoms with Crippen molar-refractivity contribution in [1.29, 1.82) is 0 Å². The molecule has 2 aromatic carbocycles. The lowest BCUT2D eigenvalue weighted by atomic mass is 10.00. The molecule has 1 atom stereocenters. The van der Waals surface area contributed by atoms with Gasteiger partial charge in [0.15, 0.2) is 17.3 Å². The molecule has 2 heterocycles. The van der Waals surface area contributed by atoms with Crippen molar-refractivity contribution in [2.24, 2.45) is 0 Å². The Labute approximate surface area is 207 Å². The summed E-state index contributed by atoms with van der Waals surface area (Å²) >= 11 is 0. The fraction of sp³-hybridized carbons (Fsp3) is 0.500. The van der Waals surface area contributed by atoms with Crippen molar-refractivity contribution in [2.45, 2.75) is 38.9 Å². The zero-order valence-corrected chi connectivity index (χ0v) is 21.6. The zero-order chi connectivity index (χ0) is 25.0. The molecule has 0 aliphatic carbocycles. The van der Waals surface area contributed by atoms with Crippen LogP contribution in [0, 0.1) is 0 Å². The molecule has 1 aromatic heterocycles. The van der Waals surface area contributed by atoms with Gasteiger partial charge in [-0.2, -0.15) is 0 Å². The third-order valence-corrected chi connectivity index (χ3v) is 6.40. The van der Waals surface area contributed by atoms with Crippen molar-refractivity contribution >= 4 is 0 Å². The number of hydrogen-bond acceptors (Lipinski definition) is 8. The zero-order valence-electron chi connectivity index (χ0n) is 21.6. The van der Waals surface area contributed by atoms with E-state index in [-0.39, 0.29) is 11.6 Å². The number of ether oxygens (including phenoxy) is 3. The Morgan fingerprint density at radius 1 is 0.886 bits per heavy atom. The van der Waals surface area contributed by atoms with E-state index < -0.39 is 0 Å². The standard InChI is InChI=1S/C26H36N6O3/c1-26(2,3)32-25(27-28-29-32)23(20-16-21(33-4)24(35-6)22(17-20)34-5)31-14-12-30(13-15-31)18-19-10-8-7-9-11-19/h7-11,16-17,23H,12-15,18H2,1-6H3. The Kier molecular flexibility index (Phi) is 7.57. The fourth-order valence-corrected chi connectivity index (χ4v) is 4.65. The number of methoxy groups -OCH3 is 3. The molecule has 9 heteroatoms. The Hall–Kier alpha value is -3.17. The van der Waals surface area contributed by atoms with Crippen LogP contribution in [0.2, 0.25) is 0 Å². The van der Waals surface area contributed by atoms with Crippen LogP contribution in [0.1, 0.15) is 43.8 Å². The van der Waals surface area contributed by atoms with Gasteiger partial charge in [0.2, 0.25) is 5.75 Å². The molecule has 0 N–H and O–H groups in total. The van der Waals surface area contributed by atoms with Crippen molar-refractivity contribution in [3.05, 3.63) is 59.4 Å². The van der Waals surface area contributed by atoms with E-state index in [0.717, 1.165) is 44.1 Å². The summed E-state index contributed by atoms with van der Waals surface area (Å²) in [7, 11) is 4.89. The largest absolute Gasteiger partial charge is 0.493 e. The molecule has 1 unspecified atom stereocenters. The van der Waals surface area contributed by atoms with Crippen LogP contribution in [0.5, 0.6) is 17.2 Å². The van der Waals surface area contributed by atoms with E-state index in [0.29, 0.717) is 17.2 Å². The maximum Gasteiger partial charge on any atom is 0.203 e. The number of piperazine rings is 1. The summed E-state index contributed by atoms with van der Waals surface area (Å²) in [6.07, 6.45) is 0. The predicted molar refractivity (Wildman–Crippen MR) is 134 cm³/mol. The molecular weight excluding hydrogens is 444 g/mol. The van der Waals surface area contributed by atoms with Crippen molar-refractivity contribution in [3.63, 3.8) is 0 Å². The van der Waals surface area contributed by atoms with Crippen molar-refractivity contribution < 1.29 is 14.2 Å². The van der Waals surface area contributed by atoms with Gasteiger partial charge in [0, 0.05) is 32.7 Å². The van der Waals surface area contributed by atoms with E-state index in [1.165, 1.54) is 5.56 Å². The molecule has 0 bridgehead atoms. The van der Waals surface area contributed by atoms with Gasteiger partial charge in [-0.15, -0.1) is 5.10 Å². The van der Waals surface area contributed by atoms with Crippen molar-refractivity contribution in [3.8, 4) is 17.2 Å². The summed E-state index contributed by atoms with van der Waals surface area (Å²) in [6.45, 7) is 10.9. The van der Waals surface area contributed by atoms with Gasteiger partial charge in [-0.25, -0.2) is 4.68 Å². The molecule has 9 nitrogen and oxygen atoms in total. The lowest BCUT2D eigenvalue weighted by molar-refractivity contribution is 0.0977. The number of hydrogen-bond donors (Lipinski definition) is 0. The molecule has 1 saturated heterocycles. The van der Waals surface area contributed by atoms with Crippen LogP contribution >= 0.6 is 0 Å². The molecule has 1 aliphatic heterocycles. The third-order valence-electron chi connectivity index (χ3n) is 6.40. The van der Waals surface area contributed by atoms with E-state index in [9.17, 15) is 0 Å². The van der Waals surface area contributed by atoms with Gasteiger partial charge in [-0.1, -0.05) is 30.3 Å². The smallest absolute Gasteiger partial charge is 0.203 e. The van der Waals surface area contributed by atoms with E-state index in [2.05, 4.69) is 76.4 Å². The molecule has 4 rings (SSSR count). The number of tetrazole rings is 1. The van der Waals surface area contributed by atoms with Gasteiger partial charge < -0.3 is 14.2 Å². The van der Waals surface area contributed by atoms with E-state index in [1.807, 2.05) is 16.8 Å². The van der Waals surface area contributed by atoms with Gasteiger partial charge >= 0.3 is 0 Å². The second-order valence-electron chi connectivity index (χ2n) is 9.78. The molecular formula is C26H36N6O3. The van der Waals surface area contributed by atoms with Gasteiger partial charge in [0.1, 0.15) is 0 Å². The predicted octanol–water partition coefficient (Wildman–Crippen LogP) is 3.36. The quantitative estimate of drug-likeness (QED) is 0.486. The topological polar surface area (TPSA) is 77.8 Å². The molecule has 1 fully saturated rings. The summed E-state index contributed by atoms with van der Waals surface area (Å²) in [6, 6.07) is 14.5. The first-order chi connectivity index (χ1) is 16.9. The Morgan fingerprint density at radius 3 is 2.06 bits per heavy atom. The normalized spacial score (nSPS) is 16.2. The molecule has 0 amide bonds. The van der Waals surface area contributed by atoms with E-state index in [1.54, 1.807) is 21.3 Å². The van der Waals surface area contributed by atoms with Crippen LogP contribution in [0.4, 0.5) is 0 Å². The SMILES string of the molecule is COc1cc(C(c2nnnn2C(C)(C)C)N2CCN(Cc3ccccc3)CC2)cc(OC)c1OC. The summed E-state index contributed by atoms with van der Waals surface area (Å²) in [4.78, 5) is 4.93. The highest BCUT2D eigenvalue weighted by molar-refractivity contribution is 5.55. The van der Waals surface area contributed by atoms with Crippen LogP contribution < -0.4 is 14.2 Å². The Balaban J connectivity index is 1.69. The fourth-order valence-electron chi connectivity index (χ4n) is 4.65. The minimum absolute atomic E-state index is 0.170. The molecule has 0 saturated carbocycles. The molecule has 188 valence electrons. The van der Waals surface area contributed by atoms with Gasteiger partial charge in [0.05, 0.1) is 32.9 Å². The third kappa shape index (κ3) is 5.41. The second-order valence-corrected chi connectivity index (χ2v) is 9.78. The summed E-state index contributed by atoms with van der Waals surface area (Å²) in [5.41, 5.74) is 2.06. The first-order valence-electron chi connectivity index (χ1n) is 11.9. The minimum atomic E-state index is -0.271. The van der Waals surface area contributed by atoms with Crippen LogP contribution in [0.15, 0.2) is 42.5 Å². The highest BCUT2D eigenvalue weighted by atomic mass is 16.5. The second kappa shape index (κ2) is 10.6. The van der Waals surface area contributed by atoms with Crippen molar-refractivity contribution in [2.75, 3.05) is 47.5 Å². The van der Waals surface area contributed by atoms with Crippen molar-refractivity contribution in [1.82, 2.24) is 30.0 Å². The first-order valence-corrected chi connectivity index (χ1v) is 11.9. The average molecular weight is 481 g/mol. The van der Waals surface area contributed by atoms with Crippen LogP contribution in [-0.4, -0.2) is 77.5 Å². The summed E-state index contributed by atoms with van der Waals surface area (Å²) < 4.78 is 18.8. The lowest BCUT2D eigenvalue weighted by Crippen LogP contribution is -2.48. The average Bonchev–Trinajstić information content (AvgIpc) is 3.35. The molecule has 1 aliphatic rings. The maximum atomic E-state index is 5.66. The maximum absolute atomic E-state index is 5.66. The molecule has 3 aromatic rings. The van der Waals surface area contributed by atoms with Crippen LogP contribution in [0.25, 0.3) is 0 Å². The number of rotatable bonds is 8. The summed E-state index contributed by atoms with van der Waals surface area (Å²) in [5.74, 6) is 2.59. The number of aromatic nitrogens is 4. The monoisotopic (exact) mass is 480 g/mol. The first kappa shape index (κ1) is 24.9. The number of benzene rings is 2. The Bertz CT molecular complexity index is 1080. The van der Waals surface area contributed by atoms with Gasteiger partial charge in [0.25, 0.3) is 0 Å². The Morgan fingerprint density at radius 2 is 1.51 bits per heavy atom. The lowest BCUT2D eigenvalue weighted by Gasteiger charge is -2.39.